The molecule has 0 radical (unpaired) electrons. The Morgan fingerprint density at radius 2 is 1.91 bits per heavy atom. The summed E-state index contributed by atoms with van der Waals surface area (Å²) in [5.41, 5.74) is 5.90. The van der Waals surface area contributed by atoms with Crippen molar-refractivity contribution >= 4 is 11.8 Å². The quantitative estimate of drug-likeness (QED) is 0.572. The average Bonchev–Trinajstić information content (AvgIpc) is 2.57. The monoisotopic (exact) mass is 328 g/mol. The van der Waals surface area contributed by atoms with Gasteiger partial charge in [0.2, 0.25) is 11.8 Å². The smallest absolute Gasteiger partial charge is 0.239 e. The molecule has 2 atom stereocenters. The molecule has 1 rings (SSSR count). The van der Waals surface area contributed by atoms with Gasteiger partial charge in [0.15, 0.2) is 0 Å². The average molecular weight is 328 g/mol. The standard InChI is InChI=1S/C16H32N4O3/c1-4-6-14(17)16(22)20-10-8-19(9-11-20)13(2)15(21)18-7-5-12-23-3/h13-14H,4-12,17H2,1-3H3,(H,18,21). The number of nitrogens with two attached hydrogens (primary N) is 1. The van der Waals surface area contributed by atoms with Crippen LogP contribution < -0.4 is 11.1 Å². The van der Waals surface area contributed by atoms with E-state index in [2.05, 4.69) is 10.2 Å². The number of methoxy groups -OCH3 is 1. The Morgan fingerprint density at radius 1 is 1.26 bits per heavy atom. The maximum absolute atomic E-state index is 12.2. The first kappa shape index (κ1) is 19.9. The van der Waals surface area contributed by atoms with Gasteiger partial charge in [-0.3, -0.25) is 14.5 Å². The molecule has 7 heteroatoms. The highest BCUT2D eigenvalue weighted by Crippen LogP contribution is 2.09. The van der Waals surface area contributed by atoms with E-state index in [0.29, 0.717) is 39.3 Å². The first-order chi connectivity index (χ1) is 11.0. The molecule has 1 heterocycles. The second kappa shape index (κ2) is 10.6. The number of rotatable bonds is 9. The zero-order valence-electron chi connectivity index (χ0n) is 14.7. The normalized spacial score (nSPS) is 18.5. The van der Waals surface area contributed by atoms with Crippen LogP contribution in [0.15, 0.2) is 0 Å². The van der Waals surface area contributed by atoms with Crippen LogP contribution in [-0.2, 0) is 14.3 Å². The van der Waals surface area contributed by atoms with Crippen LogP contribution in [0.25, 0.3) is 0 Å². The third-order valence-corrected chi connectivity index (χ3v) is 4.29. The molecule has 0 saturated carbocycles. The Morgan fingerprint density at radius 3 is 2.48 bits per heavy atom. The van der Waals surface area contributed by atoms with Gasteiger partial charge in [0.1, 0.15) is 0 Å². The van der Waals surface area contributed by atoms with E-state index in [1.807, 2.05) is 18.7 Å². The van der Waals surface area contributed by atoms with Gasteiger partial charge in [-0.15, -0.1) is 0 Å². The fourth-order valence-corrected chi connectivity index (χ4v) is 2.74. The predicted molar refractivity (Wildman–Crippen MR) is 90.0 cm³/mol. The number of amides is 2. The SMILES string of the molecule is CCCC(N)C(=O)N1CCN(C(C)C(=O)NCCCOC)CC1. The Balaban J connectivity index is 2.34. The van der Waals surface area contributed by atoms with Crippen molar-refractivity contribution in [1.82, 2.24) is 15.1 Å². The van der Waals surface area contributed by atoms with Gasteiger partial charge in [-0.2, -0.15) is 0 Å². The summed E-state index contributed by atoms with van der Waals surface area (Å²) in [5, 5.41) is 2.92. The Kier molecular flexibility index (Phi) is 9.13. The van der Waals surface area contributed by atoms with Crippen LogP contribution in [-0.4, -0.2) is 80.1 Å². The van der Waals surface area contributed by atoms with Crippen molar-refractivity contribution in [3.63, 3.8) is 0 Å². The molecular weight excluding hydrogens is 296 g/mol. The highest BCUT2D eigenvalue weighted by Gasteiger charge is 2.28. The van der Waals surface area contributed by atoms with Gasteiger partial charge < -0.3 is 20.7 Å². The van der Waals surface area contributed by atoms with Crippen LogP contribution in [0.1, 0.15) is 33.1 Å². The lowest BCUT2D eigenvalue weighted by atomic mass is 10.1. The van der Waals surface area contributed by atoms with Crippen LogP contribution in [0.3, 0.4) is 0 Å². The van der Waals surface area contributed by atoms with E-state index in [1.54, 1.807) is 7.11 Å². The van der Waals surface area contributed by atoms with Gasteiger partial charge in [0, 0.05) is 46.4 Å². The number of ether oxygens (including phenoxy) is 1. The molecule has 0 aromatic heterocycles. The first-order valence-electron chi connectivity index (χ1n) is 8.56. The molecule has 0 aliphatic carbocycles. The summed E-state index contributed by atoms with van der Waals surface area (Å²) in [6, 6.07) is -0.577. The third kappa shape index (κ3) is 6.45. The Bertz CT molecular complexity index is 370. The lowest BCUT2D eigenvalue weighted by Crippen LogP contribution is -2.57. The van der Waals surface area contributed by atoms with E-state index >= 15 is 0 Å². The van der Waals surface area contributed by atoms with Crippen LogP contribution in [0.5, 0.6) is 0 Å². The zero-order valence-corrected chi connectivity index (χ0v) is 14.7. The minimum atomic E-state index is -0.395. The number of nitrogens with one attached hydrogen (secondary N) is 1. The highest BCUT2D eigenvalue weighted by atomic mass is 16.5. The van der Waals surface area contributed by atoms with Gasteiger partial charge >= 0.3 is 0 Å². The fraction of sp³-hybridized carbons (Fsp3) is 0.875. The second-order valence-electron chi connectivity index (χ2n) is 6.07. The molecule has 7 nitrogen and oxygen atoms in total. The number of nitrogens with zero attached hydrogens (tertiary/aromatic N) is 2. The number of hydrogen-bond acceptors (Lipinski definition) is 5. The predicted octanol–water partition coefficient (Wildman–Crippen LogP) is -0.201. The van der Waals surface area contributed by atoms with E-state index in [4.69, 9.17) is 10.5 Å². The van der Waals surface area contributed by atoms with Crippen LogP contribution in [0.4, 0.5) is 0 Å². The summed E-state index contributed by atoms with van der Waals surface area (Å²) < 4.78 is 4.96. The lowest BCUT2D eigenvalue weighted by Gasteiger charge is -2.38. The minimum Gasteiger partial charge on any atom is -0.385 e. The largest absolute Gasteiger partial charge is 0.385 e. The number of piperazine rings is 1. The molecule has 1 saturated heterocycles. The van der Waals surface area contributed by atoms with Gasteiger partial charge in [-0.25, -0.2) is 0 Å². The van der Waals surface area contributed by atoms with Crippen molar-refractivity contribution in [3.8, 4) is 0 Å². The topological polar surface area (TPSA) is 87.9 Å². The van der Waals surface area contributed by atoms with Crippen LogP contribution in [0, 0.1) is 0 Å². The van der Waals surface area contributed by atoms with Gasteiger partial charge in [0.25, 0.3) is 0 Å². The molecule has 134 valence electrons. The third-order valence-electron chi connectivity index (χ3n) is 4.29. The van der Waals surface area contributed by atoms with E-state index in [0.717, 1.165) is 19.3 Å². The van der Waals surface area contributed by atoms with Crippen molar-refractivity contribution in [3.05, 3.63) is 0 Å². The van der Waals surface area contributed by atoms with E-state index in [9.17, 15) is 9.59 Å². The van der Waals surface area contributed by atoms with Crippen LogP contribution >= 0.6 is 0 Å². The van der Waals surface area contributed by atoms with Crippen molar-refractivity contribution < 1.29 is 14.3 Å². The molecule has 1 aliphatic rings. The summed E-state index contributed by atoms with van der Waals surface area (Å²) >= 11 is 0. The number of carbonyl (C=O) groups excluding carboxylic acids is 2. The molecule has 1 fully saturated rings. The molecule has 0 bridgehead atoms. The second-order valence-corrected chi connectivity index (χ2v) is 6.07. The maximum Gasteiger partial charge on any atom is 0.239 e. The van der Waals surface area contributed by atoms with Crippen molar-refractivity contribution in [2.75, 3.05) is 46.4 Å². The lowest BCUT2D eigenvalue weighted by molar-refractivity contribution is -0.135. The van der Waals surface area contributed by atoms with Gasteiger partial charge in [-0.05, 0) is 19.8 Å². The maximum atomic E-state index is 12.2. The summed E-state index contributed by atoms with van der Waals surface area (Å²) in [4.78, 5) is 28.2. The highest BCUT2D eigenvalue weighted by molar-refractivity contribution is 5.82. The number of carbonyl (C=O) groups is 2. The first-order valence-corrected chi connectivity index (χ1v) is 8.56. The molecule has 0 spiro atoms. The molecule has 23 heavy (non-hydrogen) atoms. The number of hydrogen-bond donors (Lipinski definition) is 2. The van der Waals surface area contributed by atoms with E-state index in [1.165, 1.54) is 0 Å². The fourth-order valence-electron chi connectivity index (χ4n) is 2.74. The van der Waals surface area contributed by atoms with E-state index in [-0.39, 0.29) is 17.9 Å². The molecule has 1 aliphatic heterocycles. The Labute approximate surface area is 139 Å². The summed E-state index contributed by atoms with van der Waals surface area (Å²) in [7, 11) is 1.65. The minimum absolute atomic E-state index is 0.0307. The Hall–Kier alpha value is -1.18. The molecule has 2 unspecified atom stereocenters. The summed E-state index contributed by atoms with van der Waals surface area (Å²) in [6.45, 7) is 7.89. The van der Waals surface area contributed by atoms with Crippen molar-refractivity contribution in [2.24, 2.45) is 5.73 Å². The molecule has 3 N–H and O–H groups in total. The van der Waals surface area contributed by atoms with Gasteiger partial charge in [0.05, 0.1) is 12.1 Å². The molecular formula is C16H32N4O3. The molecule has 0 aromatic carbocycles. The van der Waals surface area contributed by atoms with Crippen molar-refractivity contribution in [2.45, 2.75) is 45.2 Å². The summed E-state index contributed by atoms with van der Waals surface area (Å²) in [5.74, 6) is 0.0618. The zero-order chi connectivity index (χ0) is 17.2. The summed E-state index contributed by atoms with van der Waals surface area (Å²) in [6.07, 6.45) is 2.44. The van der Waals surface area contributed by atoms with E-state index < -0.39 is 6.04 Å². The molecule has 0 aromatic rings. The molecule has 2 amide bonds. The van der Waals surface area contributed by atoms with Crippen LogP contribution in [0.2, 0.25) is 0 Å². The van der Waals surface area contributed by atoms with Crippen molar-refractivity contribution in [1.29, 1.82) is 0 Å². The van der Waals surface area contributed by atoms with Gasteiger partial charge in [-0.1, -0.05) is 13.3 Å².